The molecule has 0 unspecified atom stereocenters. The van der Waals surface area contributed by atoms with Crippen LogP contribution in [0.3, 0.4) is 0 Å². The minimum atomic E-state index is -0.140. The monoisotopic (exact) mass is 489 g/mol. The first-order valence-corrected chi connectivity index (χ1v) is 12.4. The zero-order chi connectivity index (χ0) is 24.4. The highest BCUT2D eigenvalue weighted by atomic mass is 32.1. The molecule has 0 atom stereocenters. The van der Waals surface area contributed by atoms with Crippen molar-refractivity contribution < 1.29 is 4.79 Å². The van der Waals surface area contributed by atoms with E-state index in [1.54, 1.807) is 19.4 Å². The number of hydrogen-bond donors (Lipinski definition) is 3. The summed E-state index contributed by atoms with van der Waals surface area (Å²) in [6.45, 7) is 7.12. The fourth-order valence-corrected chi connectivity index (χ4v) is 5.09. The molecule has 1 aliphatic rings. The number of nitrogens with one attached hydrogen (secondary N) is 2. The lowest BCUT2D eigenvalue weighted by Gasteiger charge is -2.34. The number of nitrogens with two attached hydrogens (primary N) is 1. The van der Waals surface area contributed by atoms with E-state index in [1.165, 1.54) is 11.3 Å². The molecule has 1 aromatic carbocycles. The topological polar surface area (TPSA) is 125 Å². The van der Waals surface area contributed by atoms with Crippen LogP contribution in [0.1, 0.15) is 17.3 Å². The van der Waals surface area contributed by atoms with Gasteiger partial charge in [-0.25, -0.2) is 15.0 Å². The fourth-order valence-electron chi connectivity index (χ4n) is 4.17. The maximum atomic E-state index is 12.1. The molecule has 0 radical (unpaired) electrons. The van der Waals surface area contributed by atoms with Gasteiger partial charge >= 0.3 is 0 Å². The van der Waals surface area contributed by atoms with Crippen molar-refractivity contribution in [2.45, 2.75) is 6.92 Å². The smallest absolute Gasteiger partial charge is 0.251 e. The highest BCUT2D eigenvalue weighted by molar-refractivity contribution is 7.18. The number of anilines is 4. The summed E-state index contributed by atoms with van der Waals surface area (Å²) < 4.78 is 0.799. The molecule has 0 bridgehead atoms. The van der Waals surface area contributed by atoms with Gasteiger partial charge in [-0.2, -0.15) is 4.98 Å². The van der Waals surface area contributed by atoms with Crippen LogP contribution in [0.25, 0.3) is 21.3 Å². The van der Waals surface area contributed by atoms with Gasteiger partial charge in [0, 0.05) is 55.8 Å². The predicted molar refractivity (Wildman–Crippen MR) is 140 cm³/mol. The first-order valence-electron chi connectivity index (χ1n) is 11.5. The van der Waals surface area contributed by atoms with E-state index in [9.17, 15) is 4.79 Å². The molecule has 1 amide bonds. The summed E-state index contributed by atoms with van der Waals surface area (Å²) in [6, 6.07) is 9.35. The summed E-state index contributed by atoms with van der Waals surface area (Å²) in [5.74, 6) is 2.08. The molecule has 1 fully saturated rings. The molecule has 0 spiro atoms. The van der Waals surface area contributed by atoms with Crippen LogP contribution in [0.4, 0.5) is 23.4 Å². The van der Waals surface area contributed by atoms with Gasteiger partial charge < -0.3 is 26.2 Å². The molecule has 3 aromatic heterocycles. The Kier molecular flexibility index (Phi) is 6.43. The summed E-state index contributed by atoms with van der Waals surface area (Å²) in [5.41, 5.74) is 9.37. The molecule has 35 heavy (non-hydrogen) atoms. The summed E-state index contributed by atoms with van der Waals surface area (Å²) in [4.78, 5) is 34.8. The van der Waals surface area contributed by atoms with Crippen LogP contribution in [-0.4, -0.2) is 70.5 Å². The average molecular weight is 490 g/mol. The van der Waals surface area contributed by atoms with Gasteiger partial charge in [-0.1, -0.05) is 19.1 Å². The van der Waals surface area contributed by atoms with Crippen LogP contribution in [0.15, 0.2) is 42.0 Å². The van der Waals surface area contributed by atoms with Crippen molar-refractivity contribution in [3.8, 4) is 11.1 Å². The van der Waals surface area contributed by atoms with E-state index in [0.29, 0.717) is 23.1 Å². The predicted octanol–water partition coefficient (Wildman–Crippen LogP) is 2.98. The Morgan fingerprint density at radius 1 is 1.14 bits per heavy atom. The molecule has 0 saturated carbocycles. The summed E-state index contributed by atoms with van der Waals surface area (Å²) in [5, 5.41) is 7.84. The lowest BCUT2D eigenvalue weighted by atomic mass is 10.0. The first-order chi connectivity index (χ1) is 17.1. The van der Waals surface area contributed by atoms with Gasteiger partial charge in [-0.3, -0.25) is 4.79 Å². The number of nitrogen functional groups attached to an aromatic ring is 1. The number of carbonyl (C=O) groups excluding carboxylic acids is 1. The molecular formula is C24H27N9OS. The second-order valence-corrected chi connectivity index (χ2v) is 9.11. The fraction of sp³-hybridized carbons (Fsp3) is 0.292. The molecule has 4 heterocycles. The number of hydrogen-bond acceptors (Lipinski definition) is 10. The maximum absolute atomic E-state index is 12.1. The molecule has 1 aliphatic heterocycles. The van der Waals surface area contributed by atoms with E-state index in [-0.39, 0.29) is 5.91 Å². The molecule has 4 aromatic rings. The molecule has 10 nitrogen and oxygen atoms in total. The number of amides is 1. The number of likely N-dealkylation sites (N-methyl/N-ethyl adjacent to an activating group) is 1. The van der Waals surface area contributed by atoms with E-state index < -0.39 is 0 Å². The van der Waals surface area contributed by atoms with E-state index in [2.05, 4.69) is 42.3 Å². The van der Waals surface area contributed by atoms with Crippen LogP contribution in [0.2, 0.25) is 0 Å². The van der Waals surface area contributed by atoms with Gasteiger partial charge in [-0.15, -0.1) is 11.3 Å². The van der Waals surface area contributed by atoms with Crippen molar-refractivity contribution in [1.82, 2.24) is 30.2 Å². The SMILES string of the molecule is CCN1CCN(c2cc(Nc3nc(N)c4scc(-c5cccc(C(=O)NC)c5)c4n3)ncn2)CC1. The number of nitrogens with zero attached hydrogens (tertiary/aromatic N) is 6. The second-order valence-electron chi connectivity index (χ2n) is 8.23. The molecule has 0 aliphatic carbocycles. The lowest BCUT2D eigenvalue weighted by molar-refractivity contribution is 0.0963. The number of thiophene rings is 1. The number of benzene rings is 1. The molecule has 5 rings (SSSR count). The van der Waals surface area contributed by atoms with Crippen molar-refractivity contribution in [2.75, 3.05) is 55.7 Å². The van der Waals surface area contributed by atoms with Gasteiger partial charge in [0.05, 0.1) is 10.2 Å². The number of aromatic nitrogens is 4. The van der Waals surface area contributed by atoms with E-state index in [1.807, 2.05) is 29.6 Å². The standard InChI is InChI=1S/C24H27N9OS/c1-3-32-7-9-33(10-8-32)19-12-18(27-14-28-19)29-24-30-20-17(13-35-21(20)22(25)31-24)15-5-4-6-16(11-15)23(34)26-2/h4-6,11-14H,3,7-10H2,1-2H3,(H,26,34)(H3,25,27,28,29,30,31). The Bertz CT molecular complexity index is 1360. The van der Waals surface area contributed by atoms with Gasteiger partial charge in [0.25, 0.3) is 5.91 Å². The normalized spacial score (nSPS) is 14.3. The Labute approximate surface area is 207 Å². The van der Waals surface area contributed by atoms with Crippen LogP contribution in [0, 0.1) is 0 Å². The van der Waals surface area contributed by atoms with Crippen molar-refractivity contribution in [2.24, 2.45) is 0 Å². The third-order valence-corrected chi connectivity index (χ3v) is 7.13. The van der Waals surface area contributed by atoms with Gasteiger partial charge in [0.15, 0.2) is 0 Å². The van der Waals surface area contributed by atoms with Gasteiger partial charge in [-0.05, 0) is 24.2 Å². The zero-order valence-corrected chi connectivity index (χ0v) is 20.5. The van der Waals surface area contributed by atoms with Crippen molar-refractivity contribution in [3.05, 3.63) is 47.6 Å². The first kappa shape index (κ1) is 22.9. The molecule has 1 saturated heterocycles. The average Bonchev–Trinajstić information content (AvgIpc) is 3.33. The van der Waals surface area contributed by atoms with Gasteiger partial charge in [0.1, 0.15) is 23.8 Å². The minimum absolute atomic E-state index is 0.140. The van der Waals surface area contributed by atoms with E-state index in [4.69, 9.17) is 10.7 Å². The third-order valence-electron chi connectivity index (χ3n) is 6.14. The van der Waals surface area contributed by atoms with Crippen molar-refractivity contribution in [1.29, 1.82) is 0 Å². The van der Waals surface area contributed by atoms with Crippen LogP contribution >= 0.6 is 11.3 Å². The highest BCUT2D eigenvalue weighted by Crippen LogP contribution is 2.36. The Hall–Kier alpha value is -3.83. The molecule has 4 N–H and O–H groups in total. The Morgan fingerprint density at radius 3 is 2.74 bits per heavy atom. The highest BCUT2D eigenvalue weighted by Gasteiger charge is 2.18. The molecule has 11 heteroatoms. The summed E-state index contributed by atoms with van der Waals surface area (Å²) in [6.07, 6.45) is 1.55. The number of carbonyl (C=O) groups is 1. The van der Waals surface area contributed by atoms with Crippen LogP contribution in [0.5, 0.6) is 0 Å². The van der Waals surface area contributed by atoms with E-state index in [0.717, 1.165) is 59.9 Å². The maximum Gasteiger partial charge on any atom is 0.251 e. The van der Waals surface area contributed by atoms with Crippen LogP contribution < -0.4 is 21.3 Å². The number of piperazine rings is 1. The summed E-state index contributed by atoms with van der Waals surface area (Å²) in [7, 11) is 1.62. The van der Waals surface area contributed by atoms with Crippen LogP contribution in [-0.2, 0) is 0 Å². The van der Waals surface area contributed by atoms with Crippen molar-refractivity contribution in [3.63, 3.8) is 0 Å². The van der Waals surface area contributed by atoms with E-state index >= 15 is 0 Å². The molecular weight excluding hydrogens is 462 g/mol. The summed E-state index contributed by atoms with van der Waals surface area (Å²) >= 11 is 1.48. The number of rotatable bonds is 6. The quantitative estimate of drug-likeness (QED) is 0.375. The lowest BCUT2D eigenvalue weighted by Crippen LogP contribution is -2.46. The largest absolute Gasteiger partial charge is 0.382 e. The molecule has 180 valence electrons. The Balaban J connectivity index is 1.43. The second kappa shape index (κ2) is 9.80. The minimum Gasteiger partial charge on any atom is -0.382 e. The zero-order valence-electron chi connectivity index (χ0n) is 19.7. The van der Waals surface area contributed by atoms with Crippen molar-refractivity contribution >= 4 is 50.9 Å². The number of fused-ring (bicyclic) bond motifs is 1. The van der Waals surface area contributed by atoms with Gasteiger partial charge in [0.2, 0.25) is 5.95 Å². The third kappa shape index (κ3) is 4.73. The Morgan fingerprint density at radius 2 is 1.97 bits per heavy atom.